The predicted molar refractivity (Wildman–Crippen MR) is 229 cm³/mol. The fraction of sp³-hybridized carbons (Fsp3) is 0.0943. The maximum absolute atomic E-state index is 3.97. The fourth-order valence-corrected chi connectivity index (χ4v) is 9.56. The van der Waals surface area contributed by atoms with Crippen LogP contribution in [0, 0.1) is 0 Å². The minimum absolute atomic E-state index is 0.00689. The highest BCUT2D eigenvalue weighted by Crippen LogP contribution is 2.58. The lowest BCUT2D eigenvalue weighted by Crippen LogP contribution is -2.40. The molecule has 2 nitrogen and oxygen atoms in total. The smallest absolute Gasteiger partial charge is 0.0707 e. The van der Waals surface area contributed by atoms with Crippen LogP contribution in [-0.4, -0.2) is 0 Å². The van der Waals surface area contributed by atoms with E-state index in [2.05, 4.69) is 204 Å². The summed E-state index contributed by atoms with van der Waals surface area (Å²) in [6.45, 7) is 0. The average Bonchev–Trinajstić information content (AvgIpc) is 3.62. The van der Waals surface area contributed by atoms with Crippen LogP contribution in [0.2, 0.25) is 0 Å². The van der Waals surface area contributed by atoms with Crippen molar-refractivity contribution in [3.63, 3.8) is 0 Å². The number of dihydropyridines is 1. The van der Waals surface area contributed by atoms with Crippen molar-refractivity contribution in [3.05, 3.63) is 238 Å². The number of anilines is 2. The molecule has 3 atom stereocenters. The molecule has 6 aromatic carbocycles. The first-order chi connectivity index (χ1) is 27.3. The second-order valence-electron chi connectivity index (χ2n) is 15.2. The molecule has 2 heterocycles. The van der Waals surface area contributed by atoms with Crippen LogP contribution in [0.5, 0.6) is 0 Å². The molecule has 0 spiro atoms. The number of allylic oxidation sites excluding steroid dienone is 7. The average molecular weight is 705 g/mol. The Labute approximate surface area is 322 Å². The maximum Gasteiger partial charge on any atom is 0.0707 e. The minimum Gasteiger partial charge on any atom is -0.374 e. The Bertz CT molecular complexity index is 2790. The monoisotopic (exact) mass is 704 g/mol. The van der Waals surface area contributed by atoms with Gasteiger partial charge in [0.25, 0.3) is 0 Å². The van der Waals surface area contributed by atoms with E-state index in [4.69, 9.17) is 0 Å². The molecule has 11 rings (SSSR count). The molecule has 3 aliphatic carbocycles. The SMILES string of the molecule is C1=CC(C2=CC(c3cccc(N4C5=c6ccccc6=C6C=Cc7ccccc7C6C5c5ccccc54)c3)NC(c3ccc(-c4ccccc4)cc3)=C2)=CCC1. The molecule has 55 heavy (non-hydrogen) atoms. The van der Waals surface area contributed by atoms with E-state index >= 15 is 0 Å². The van der Waals surface area contributed by atoms with Crippen molar-refractivity contribution in [2.24, 2.45) is 0 Å². The van der Waals surface area contributed by atoms with Gasteiger partial charge in [-0.05, 0) is 104 Å². The number of nitrogens with one attached hydrogen (secondary N) is 1. The lowest BCUT2D eigenvalue weighted by atomic mass is 9.69. The molecule has 1 N–H and O–H groups in total. The van der Waals surface area contributed by atoms with Gasteiger partial charge in [-0.2, -0.15) is 0 Å². The lowest BCUT2D eigenvalue weighted by Gasteiger charge is -2.35. The number of rotatable bonds is 5. The first-order valence-corrected chi connectivity index (χ1v) is 19.6. The number of para-hydroxylation sites is 1. The number of hydrogen-bond donors (Lipinski definition) is 1. The molecule has 0 saturated carbocycles. The van der Waals surface area contributed by atoms with Gasteiger partial charge in [-0.15, -0.1) is 0 Å². The molecule has 0 radical (unpaired) electrons. The van der Waals surface area contributed by atoms with Gasteiger partial charge in [0.05, 0.1) is 6.04 Å². The second kappa shape index (κ2) is 13.0. The molecular weight excluding hydrogens is 665 g/mol. The molecule has 5 aliphatic rings. The van der Waals surface area contributed by atoms with E-state index in [1.54, 1.807) is 0 Å². The van der Waals surface area contributed by atoms with Gasteiger partial charge in [0.15, 0.2) is 0 Å². The molecule has 0 amide bonds. The summed E-state index contributed by atoms with van der Waals surface area (Å²) >= 11 is 0. The zero-order valence-corrected chi connectivity index (χ0v) is 30.6. The lowest BCUT2D eigenvalue weighted by molar-refractivity contribution is 0.756. The van der Waals surface area contributed by atoms with Gasteiger partial charge in [-0.1, -0.05) is 164 Å². The molecule has 0 fully saturated rings. The van der Waals surface area contributed by atoms with Gasteiger partial charge in [0.1, 0.15) is 0 Å². The largest absolute Gasteiger partial charge is 0.374 e. The first kappa shape index (κ1) is 31.8. The van der Waals surface area contributed by atoms with E-state index < -0.39 is 0 Å². The Morgan fingerprint density at radius 3 is 2.15 bits per heavy atom. The number of fused-ring (bicyclic) bond motifs is 8. The van der Waals surface area contributed by atoms with Gasteiger partial charge >= 0.3 is 0 Å². The van der Waals surface area contributed by atoms with Crippen LogP contribution in [0.1, 0.15) is 58.5 Å². The third-order valence-electron chi connectivity index (χ3n) is 12.1. The van der Waals surface area contributed by atoms with Crippen molar-refractivity contribution in [3.8, 4) is 11.1 Å². The highest BCUT2D eigenvalue weighted by atomic mass is 15.2. The van der Waals surface area contributed by atoms with Gasteiger partial charge in [-0.25, -0.2) is 0 Å². The summed E-state index contributed by atoms with van der Waals surface area (Å²) in [4.78, 5) is 2.57. The topological polar surface area (TPSA) is 15.3 Å². The Morgan fingerprint density at radius 1 is 0.545 bits per heavy atom. The van der Waals surface area contributed by atoms with E-state index in [0.29, 0.717) is 0 Å². The summed E-state index contributed by atoms with van der Waals surface area (Å²) < 4.78 is 0. The third kappa shape index (κ3) is 5.32. The standard InChI is InChI=1S/C53H40N2/c1-3-14-35(15-4-1)37-26-28-39(29-27-37)48-33-41(36-16-5-2-6-17-36)34-49(54-48)40-19-13-20-42(32-40)55-50-25-12-11-24-47(50)52-51-43-21-8-7-18-38(43)30-31-45(51)44-22-9-10-23-46(44)53(52)55/h1,3-5,7-34,49,51-52,54H,2,6H2. The minimum atomic E-state index is -0.00689. The summed E-state index contributed by atoms with van der Waals surface area (Å²) in [5.74, 6) is 0.442. The first-order valence-electron chi connectivity index (χ1n) is 19.6. The van der Waals surface area contributed by atoms with E-state index in [9.17, 15) is 0 Å². The molecule has 0 bridgehead atoms. The van der Waals surface area contributed by atoms with E-state index in [1.807, 2.05) is 0 Å². The van der Waals surface area contributed by atoms with Crippen LogP contribution in [0.15, 0.2) is 199 Å². The number of hydrogen-bond acceptors (Lipinski definition) is 2. The van der Waals surface area contributed by atoms with Crippen LogP contribution in [0.25, 0.3) is 34.2 Å². The van der Waals surface area contributed by atoms with E-state index in [-0.39, 0.29) is 17.9 Å². The van der Waals surface area contributed by atoms with Gasteiger partial charge in [0.2, 0.25) is 0 Å². The van der Waals surface area contributed by atoms with Crippen LogP contribution in [-0.2, 0) is 0 Å². The van der Waals surface area contributed by atoms with Crippen LogP contribution in [0.4, 0.5) is 11.4 Å². The van der Waals surface area contributed by atoms with Crippen LogP contribution in [0.3, 0.4) is 0 Å². The highest BCUT2D eigenvalue weighted by molar-refractivity contribution is 5.96. The zero-order valence-electron chi connectivity index (χ0n) is 30.6. The van der Waals surface area contributed by atoms with Crippen LogP contribution < -0.4 is 20.7 Å². The maximum atomic E-state index is 3.97. The Balaban J connectivity index is 1.03. The van der Waals surface area contributed by atoms with Crippen molar-refractivity contribution in [1.29, 1.82) is 0 Å². The molecule has 6 aromatic rings. The zero-order chi connectivity index (χ0) is 36.3. The molecule has 0 aromatic heterocycles. The van der Waals surface area contributed by atoms with Gasteiger partial charge in [-0.3, -0.25) is 0 Å². The molecule has 3 unspecified atom stereocenters. The number of benzene rings is 6. The number of nitrogens with zero attached hydrogens (tertiary/aromatic N) is 1. The quantitative estimate of drug-likeness (QED) is 0.192. The molecule has 2 aliphatic heterocycles. The van der Waals surface area contributed by atoms with Gasteiger partial charge < -0.3 is 10.2 Å². The molecular formula is C53H40N2. The third-order valence-corrected chi connectivity index (χ3v) is 12.1. The van der Waals surface area contributed by atoms with Crippen molar-refractivity contribution in [1.82, 2.24) is 5.32 Å². The van der Waals surface area contributed by atoms with Crippen molar-refractivity contribution < 1.29 is 0 Å². The Morgan fingerprint density at radius 2 is 1.29 bits per heavy atom. The fourth-order valence-electron chi connectivity index (χ4n) is 9.56. The van der Waals surface area contributed by atoms with Crippen molar-refractivity contribution >= 4 is 34.4 Å². The normalized spacial score (nSPS) is 20.3. The Kier molecular flexibility index (Phi) is 7.55. The van der Waals surface area contributed by atoms with Crippen molar-refractivity contribution in [2.75, 3.05) is 4.90 Å². The Hall–Kier alpha value is -6.64. The second-order valence-corrected chi connectivity index (χ2v) is 15.2. The molecule has 262 valence electrons. The van der Waals surface area contributed by atoms with Crippen LogP contribution >= 0.6 is 0 Å². The van der Waals surface area contributed by atoms with E-state index in [1.165, 1.54) is 83.2 Å². The van der Waals surface area contributed by atoms with Gasteiger partial charge in [0, 0.05) is 39.8 Å². The van der Waals surface area contributed by atoms with E-state index in [0.717, 1.165) is 18.5 Å². The highest BCUT2D eigenvalue weighted by Gasteiger charge is 2.44. The molecule has 2 heteroatoms. The predicted octanol–water partition coefficient (Wildman–Crippen LogP) is 11.3. The summed E-state index contributed by atoms with van der Waals surface area (Å²) in [5, 5.41) is 6.63. The van der Waals surface area contributed by atoms with Crippen molar-refractivity contribution in [2.45, 2.75) is 30.7 Å². The summed E-state index contributed by atoms with van der Waals surface area (Å²) in [7, 11) is 0. The summed E-state index contributed by atoms with van der Waals surface area (Å²) in [5.41, 5.74) is 18.0. The summed E-state index contributed by atoms with van der Waals surface area (Å²) in [6.07, 6.45) is 18.6. The summed E-state index contributed by atoms with van der Waals surface area (Å²) in [6, 6.07) is 56.0. The molecule has 0 saturated heterocycles.